The Balaban J connectivity index is 1.32. The fourth-order valence-electron chi connectivity index (χ4n) is 4.30. The van der Waals surface area contributed by atoms with E-state index in [4.69, 9.17) is 9.72 Å². The van der Waals surface area contributed by atoms with Crippen molar-refractivity contribution in [3.63, 3.8) is 0 Å². The average Bonchev–Trinajstić information content (AvgIpc) is 3.55. The zero-order valence-electron chi connectivity index (χ0n) is 19.0. The Morgan fingerprint density at radius 1 is 1.18 bits per heavy atom. The maximum absolute atomic E-state index is 10.9. The van der Waals surface area contributed by atoms with E-state index in [0.29, 0.717) is 0 Å². The van der Waals surface area contributed by atoms with E-state index in [2.05, 4.69) is 71.2 Å². The van der Waals surface area contributed by atoms with Crippen LogP contribution in [-0.2, 0) is 18.3 Å². The maximum atomic E-state index is 10.9. The summed E-state index contributed by atoms with van der Waals surface area (Å²) >= 11 is 1.75. The van der Waals surface area contributed by atoms with Crippen LogP contribution in [0.2, 0.25) is 0 Å². The number of thiophene rings is 1. The highest BCUT2D eigenvalue weighted by Gasteiger charge is 2.19. The van der Waals surface area contributed by atoms with Gasteiger partial charge in [-0.2, -0.15) is 0 Å². The molecule has 0 N–H and O–H groups in total. The first-order valence-corrected chi connectivity index (χ1v) is 12.3. The summed E-state index contributed by atoms with van der Waals surface area (Å²) in [7, 11) is 2.10. The molecule has 1 saturated heterocycles. The van der Waals surface area contributed by atoms with Gasteiger partial charge in [-0.15, -0.1) is 11.3 Å². The number of imidazole rings is 1. The number of fused-ring (bicyclic) bond motifs is 1. The zero-order valence-corrected chi connectivity index (χ0v) is 19.8. The molecular weight excluding hydrogens is 432 g/mol. The van der Waals surface area contributed by atoms with Crippen molar-refractivity contribution < 1.29 is 9.53 Å². The highest BCUT2D eigenvalue weighted by atomic mass is 32.1. The van der Waals surface area contributed by atoms with Crippen molar-refractivity contribution in [3.8, 4) is 17.3 Å². The number of rotatable bonds is 7. The molecule has 0 aliphatic carbocycles. The zero-order chi connectivity index (χ0) is 22.8. The molecule has 1 aliphatic rings. The normalized spacial score (nSPS) is 15.0. The van der Waals surface area contributed by atoms with Crippen LogP contribution in [0.15, 0.2) is 48.0 Å². The number of carbonyl (C=O) groups excluding carboxylic acids is 1. The van der Waals surface area contributed by atoms with Crippen molar-refractivity contribution in [2.75, 3.05) is 13.1 Å². The molecule has 0 atom stereocenters. The number of ether oxygens (including phenoxy) is 1. The van der Waals surface area contributed by atoms with Crippen LogP contribution in [-0.4, -0.2) is 44.6 Å². The van der Waals surface area contributed by atoms with E-state index in [0.717, 1.165) is 67.3 Å². The summed E-state index contributed by atoms with van der Waals surface area (Å²) in [4.78, 5) is 17.6. The van der Waals surface area contributed by atoms with Crippen molar-refractivity contribution in [3.05, 3.63) is 59.2 Å². The molecule has 4 aromatic rings. The molecule has 1 aromatic carbocycles. The molecule has 1 fully saturated rings. The van der Waals surface area contributed by atoms with Gasteiger partial charge in [0.05, 0.1) is 21.6 Å². The predicted molar refractivity (Wildman–Crippen MR) is 134 cm³/mol. The van der Waals surface area contributed by atoms with Crippen LogP contribution in [0.3, 0.4) is 0 Å². The van der Waals surface area contributed by atoms with Gasteiger partial charge in [0, 0.05) is 45.4 Å². The molecule has 0 saturated carbocycles. The van der Waals surface area contributed by atoms with Gasteiger partial charge in [0.25, 0.3) is 0 Å². The summed E-state index contributed by atoms with van der Waals surface area (Å²) in [5, 5.41) is 2.12. The fraction of sp³-hybridized carbons (Fsp3) is 0.308. The van der Waals surface area contributed by atoms with E-state index in [1.807, 2.05) is 12.1 Å². The molecule has 0 bridgehead atoms. The van der Waals surface area contributed by atoms with Crippen molar-refractivity contribution >= 4 is 40.2 Å². The van der Waals surface area contributed by atoms with Gasteiger partial charge in [-0.3, -0.25) is 4.79 Å². The lowest BCUT2D eigenvalue weighted by Crippen LogP contribution is -2.37. The lowest BCUT2D eigenvalue weighted by atomic mass is 10.1. The summed E-state index contributed by atoms with van der Waals surface area (Å²) in [5.74, 6) is 1.83. The van der Waals surface area contributed by atoms with Crippen LogP contribution in [0.5, 0.6) is 5.75 Å². The smallest absolute Gasteiger partial charge is 0.209 e. The molecule has 0 radical (unpaired) electrons. The summed E-state index contributed by atoms with van der Waals surface area (Å²) in [6.07, 6.45) is 10.0. The van der Waals surface area contributed by atoms with Crippen LogP contribution < -0.4 is 4.74 Å². The Hall–Kier alpha value is -3.32. The van der Waals surface area contributed by atoms with Crippen LogP contribution >= 0.6 is 11.3 Å². The van der Waals surface area contributed by atoms with Gasteiger partial charge in [-0.1, -0.05) is 19.1 Å². The third kappa shape index (κ3) is 4.46. The molecular formula is C26H28N4O2S. The number of benzene rings is 1. The SMILES string of the molecule is CCc1cn(/C=C/c2ccc(OC3CCN(C=O)CC3)cc2)c(-c2cc3sccc3n2C)n1. The summed E-state index contributed by atoms with van der Waals surface area (Å²) < 4.78 is 11.7. The molecule has 4 heterocycles. The predicted octanol–water partition coefficient (Wildman–Crippen LogP) is 5.29. The van der Waals surface area contributed by atoms with E-state index < -0.39 is 0 Å². The first-order valence-electron chi connectivity index (χ1n) is 11.4. The van der Waals surface area contributed by atoms with Gasteiger partial charge in [-0.05, 0) is 47.7 Å². The first kappa shape index (κ1) is 21.5. The molecule has 1 aliphatic heterocycles. The molecule has 1 amide bonds. The Morgan fingerprint density at radius 3 is 2.67 bits per heavy atom. The van der Waals surface area contributed by atoms with E-state index in [1.54, 1.807) is 16.2 Å². The lowest BCUT2D eigenvalue weighted by Gasteiger charge is -2.29. The van der Waals surface area contributed by atoms with Gasteiger partial charge < -0.3 is 18.8 Å². The molecule has 6 nitrogen and oxygen atoms in total. The van der Waals surface area contributed by atoms with E-state index in [1.165, 1.54) is 10.2 Å². The monoisotopic (exact) mass is 460 g/mol. The van der Waals surface area contributed by atoms with Gasteiger partial charge in [0.2, 0.25) is 6.41 Å². The number of likely N-dealkylation sites (tertiary alicyclic amines) is 1. The van der Waals surface area contributed by atoms with E-state index in [-0.39, 0.29) is 6.10 Å². The summed E-state index contributed by atoms with van der Waals surface area (Å²) in [5.41, 5.74) is 4.52. The summed E-state index contributed by atoms with van der Waals surface area (Å²) in [6, 6.07) is 12.6. The van der Waals surface area contributed by atoms with E-state index >= 15 is 0 Å². The number of nitrogens with zero attached hydrogens (tertiary/aromatic N) is 4. The first-order chi connectivity index (χ1) is 16.1. The molecule has 3 aromatic heterocycles. The van der Waals surface area contributed by atoms with Gasteiger partial charge >= 0.3 is 0 Å². The van der Waals surface area contributed by atoms with Gasteiger partial charge in [0.1, 0.15) is 11.9 Å². The number of amides is 1. The Bertz CT molecular complexity index is 1270. The molecule has 0 unspecified atom stereocenters. The van der Waals surface area contributed by atoms with Crippen molar-refractivity contribution in [2.45, 2.75) is 32.3 Å². The third-order valence-electron chi connectivity index (χ3n) is 6.27. The van der Waals surface area contributed by atoms with Crippen molar-refractivity contribution in [1.29, 1.82) is 0 Å². The van der Waals surface area contributed by atoms with Crippen LogP contribution in [0, 0.1) is 0 Å². The second-order valence-electron chi connectivity index (χ2n) is 8.42. The molecule has 170 valence electrons. The average molecular weight is 461 g/mol. The molecule has 7 heteroatoms. The fourth-order valence-corrected chi connectivity index (χ4v) is 5.15. The van der Waals surface area contributed by atoms with E-state index in [9.17, 15) is 4.79 Å². The van der Waals surface area contributed by atoms with Crippen molar-refractivity contribution in [1.82, 2.24) is 19.0 Å². The second-order valence-corrected chi connectivity index (χ2v) is 9.37. The van der Waals surface area contributed by atoms with Crippen LogP contribution in [0.4, 0.5) is 0 Å². The lowest BCUT2D eigenvalue weighted by molar-refractivity contribution is -0.119. The number of aromatic nitrogens is 3. The Kier molecular flexibility index (Phi) is 6.05. The second kappa shape index (κ2) is 9.27. The topological polar surface area (TPSA) is 52.3 Å². The van der Waals surface area contributed by atoms with Crippen LogP contribution in [0.25, 0.3) is 34.0 Å². The largest absolute Gasteiger partial charge is 0.490 e. The highest BCUT2D eigenvalue weighted by molar-refractivity contribution is 7.17. The molecule has 33 heavy (non-hydrogen) atoms. The Morgan fingerprint density at radius 2 is 1.97 bits per heavy atom. The number of aryl methyl sites for hydroxylation is 2. The minimum absolute atomic E-state index is 0.170. The van der Waals surface area contributed by atoms with Gasteiger partial charge in [0.15, 0.2) is 5.82 Å². The van der Waals surface area contributed by atoms with Crippen LogP contribution in [0.1, 0.15) is 31.0 Å². The third-order valence-corrected chi connectivity index (χ3v) is 7.13. The van der Waals surface area contributed by atoms with Crippen molar-refractivity contribution in [2.24, 2.45) is 7.05 Å². The quantitative estimate of drug-likeness (QED) is 0.352. The number of carbonyl (C=O) groups is 1. The number of piperidine rings is 1. The molecule has 0 spiro atoms. The molecule has 5 rings (SSSR count). The minimum atomic E-state index is 0.170. The number of hydrogen-bond donors (Lipinski definition) is 0. The Labute approximate surface area is 197 Å². The summed E-state index contributed by atoms with van der Waals surface area (Å²) in [6.45, 7) is 3.66. The van der Waals surface area contributed by atoms with Gasteiger partial charge in [-0.25, -0.2) is 4.98 Å². The maximum Gasteiger partial charge on any atom is 0.209 e. The standard InChI is InChI=1S/C26H28N4O2S/c1-3-20-17-30(26(27-20)24-16-25-23(28(24)2)11-15-33-25)14-8-19-4-6-21(7-5-19)32-22-9-12-29(18-31)13-10-22/h4-8,11,14-18,22H,3,9-10,12-13H2,1-2H3/b14-8+. The minimum Gasteiger partial charge on any atom is -0.490 e. The number of hydrogen-bond acceptors (Lipinski definition) is 4. The highest BCUT2D eigenvalue weighted by Crippen LogP contribution is 2.30.